The van der Waals surface area contributed by atoms with Crippen LogP contribution in [0.2, 0.25) is 0 Å². The molecule has 0 unspecified atom stereocenters. The lowest BCUT2D eigenvalue weighted by Crippen LogP contribution is -2.40. The number of benzene rings is 1. The second kappa shape index (κ2) is 6.34. The van der Waals surface area contributed by atoms with E-state index in [2.05, 4.69) is 4.90 Å². The Morgan fingerprint density at radius 2 is 1.67 bits per heavy atom. The number of anilines is 1. The van der Waals surface area contributed by atoms with E-state index in [9.17, 15) is 8.42 Å². The molecule has 0 aliphatic carbocycles. The standard InChI is InChI=1S/C15H22N2O3S/c18-21(19,17-9-11-20-12-10-17)15-6-4-5-14(13-15)16-7-2-1-3-8-16/h4-6,13H,1-3,7-12H2. The van der Waals surface area contributed by atoms with Crippen LogP contribution in [0.4, 0.5) is 5.69 Å². The van der Waals surface area contributed by atoms with E-state index in [-0.39, 0.29) is 0 Å². The van der Waals surface area contributed by atoms with Crippen molar-refractivity contribution in [2.45, 2.75) is 24.2 Å². The molecule has 1 aromatic carbocycles. The third kappa shape index (κ3) is 3.22. The lowest BCUT2D eigenvalue weighted by molar-refractivity contribution is 0.0730. The van der Waals surface area contributed by atoms with Gasteiger partial charge in [0, 0.05) is 31.9 Å². The highest BCUT2D eigenvalue weighted by Crippen LogP contribution is 2.25. The molecule has 2 aliphatic heterocycles. The summed E-state index contributed by atoms with van der Waals surface area (Å²) in [7, 11) is -3.40. The van der Waals surface area contributed by atoms with Crippen molar-refractivity contribution in [3.63, 3.8) is 0 Å². The summed E-state index contributed by atoms with van der Waals surface area (Å²) in [6.07, 6.45) is 3.63. The van der Waals surface area contributed by atoms with Crippen LogP contribution in [0.3, 0.4) is 0 Å². The van der Waals surface area contributed by atoms with Crippen LogP contribution in [0.5, 0.6) is 0 Å². The monoisotopic (exact) mass is 310 g/mol. The summed E-state index contributed by atoms with van der Waals surface area (Å²) in [6.45, 7) is 3.87. The minimum atomic E-state index is -3.40. The van der Waals surface area contributed by atoms with Gasteiger partial charge in [0.25, 0.3) is 0 Å². The van der Waals surface area contributed by atoms with Crippen LogP contribution in [0, 0.1) is 0 Å². The fourth-order valence-corrected chi connectivity index (χ4v) is 4.38. The average molecular weight is 310 g/mol. The topological polar surface area (TPSA) is 49.9 Å². The Balaban J connectivity index is 1.84. The first-order valence-corrected chi connectivity index (χ1v) is 9.05. The molecule has 2 fully saturated rings. The molecular weight excluding hydrogens is 288 g/mol. The molecular formula is C15H22N2O3S. The van der Waals surface area contributed by atoms with Gasteiger partial charge in [-0.1, -0.05) is 6.07 Å². The third-order valence-corrected chi connectivity index (χ3v) is 6.04. The van der Waals surface area contributed by atoms with E-state index in [4.69, 9.17) is 4.74 Å². The molecule has 2 heterocycles. The first-order chi connectivity index (χ1) is 10.2. The molecule has 1 aromatic rings. The van der Waals surface area contributed by atoms with Crippen molar-refractivity contribution in [1.29, 1.82) is 0 Å². The zero-order valence-corrected chi connectivity index (χ0v) is 13.0. The summed E-state index contributed by atoms with van der Waals surface area (Å²) in [4.78, 5) is 2.68. The van der Waals surface area contributed by atoms with Gasteiger partial charge in [0.05, 0.1) is 18.1 Å². The van der Waals surface area contributed by atoms with E-state index in [0.717, 1.165) is 18.8 Å². The highest BCUT2D eigenvalue weighted by atomic mass is 32.2. The predicted octanol–water partition coefficient (Wildman–Crippen LogP) is 1.70. The number of ether oxygens (including phenoxy) is 1. The van der Waals surface area contributed by atoms with E-state index in [1.807, 2.05) is 18.2 Å². The van der Waals surface area contributed by atoms with Crippen molar-refractivity contribution >= 4 is 15.7 Å². The second-order valence-corrected chi connectivity index (χ2v) is 7.50. The molecule has 0 N–H and O–H groups in total. The van der Waals surface area contributed by atoms with E-state index >= 15 is 0 Å². The molecule has 2 saturated heterocycles. The van der Waals surface area contributed by atoms with E-state index in [0.29, 0.717) is 31.2 Å². The van der Waals surface area contributed by atoms with E-state index in [1.165, 1.54) is 23.6 Å². The Kier molecular flexibility index (Phi) is 4.47. The molecule has 2 aliphatic rings. The summed E-state index contributed by atoms with van der Waals surface area (Å²) in [5, 5.41) is 0. The summed E-state index contributed by atoms with van der Waals surface area (Å²) >= 11 is 0. The summed E-state index contributed by atoms with van der Waals surface area (Å²) in [5.41, 5.74) is 1.02. The number of sulfonamides is 1. The van der Waals surface area contributed by atoms with Crippen LogP contribution >= 0.6 is 0 Å². The predicted molar refractivity (Wildman–Crippen MR) is 82.1 cm³/mol. The van der Waals surface area contributed by atoms with Gasteiger partial charge in [-0.05, 0) is 37.5 Å². The first-order valence-electron chi connectivity index (χ1n) is 7.61. The molecule has 0 spiro atoms. The summed E-state index contributed by atoms with van der Waals surface area (Å²) in [5.74, 6) is 0. The van der Waals surface area contributed by atoms with Crippen LogP contribution in [0.1, 0.15) is 19.3 Å². The Bertz CT molecular complexity index is 576. The fourth-order valence-electron chi connectivity index (χ4n) is 2.93. The molecule has 116 valence electrons. The smallest absolute Gasteiger partial charge is 0.243 e. The Morgan fingerprint density at radius 1 is 0.952 bits per heavy atom. The van der Waals surface area contributed by atoms with Gasteiger partial charge in [0.2, 0.25) is 10.0 Å². The maximum Gasteiger partial charge on any atom is 0.243 e. The van der Waals surface area contributed by atoms with Crippen LogP contribution < -0.4 is 4.90 Å². The van der Waals surface area contributed by atoms with E-state index in [1.54, 1.807) is 6.07 Å². The van der Waals surface area contributed by atoms with Crippen LogP contribution in [0.25, 0.3) is 0 Å². The molecule has 0 aromatic heterocycles. The SMILES string of the molecule is O=S(=O)(c1cccc(N2CCCCC2)c1)N1CCOCC1. The maximum atomic E-state index is 12.7. The van der Waals surface area contributed by atoms with Crippen molar-refractivity contribution in [3.8, 4) is 0 Å². The van der Waals surface area contributed by atoms with Crippen molar-refractivity contribution in [1.82, 2.24) is 4.31 Å². The number of rotatable bonds is 3. The zero-order chi connectivity index (χ0) is 14.7. The molecule has 0 saturated carbocycles. The fraction of sp³-hybridized carbons (Fsp3) is 0.600. The highest BCUT2D eigenvalue weighted by molar-refractivity contribution is 7.89. The maximum absolute atomic E-state index is 12.7. The average Bonchev–Trinajstić information content (AvgIpc) is 2.57. The minimum absolute atomic E-state index is 0.396. The van der Waals surface area contributed by atoms with Crippen molar-refractivity contribution < 1.29 is 13.2 Å². The third-order valence-electron chi connectivity index (χ3n) is 4.15. The number of piperidine rings is 1. The number of nitrogens with zero attached hydrogens (tertiary/aromatic N) is 2. The zero-order valence-electron chi connectivity index (χ0n) is 12.2. The normalized spacial score (nSPS) is 21.4. The molecule has 0 atom stereocenters. The number of hydrogen-bond donors (Lipinski definition) is 0. The van der Waals surface area contributed by atoms with Gasteiger partial charge >= 0.3 is 0 Å². The van der Waals surface area contributed by atoms with Gasteiger partial charge < -0.3 is 9.64 Å². The van der Waals surface area contributed by atoms with E-state index < -0.39 is 10.0 Å². The first kappa shape index (κ1) is 14.8. The van der Waals surface area contributed by atoms with Gasteiger partial charge in [-0.15, -0.1) is 0 Å². The minimum Gasteiger partial charge on any atom is -0.379 e. The van der Waals surface area contributed by atoms with Crippen LogP contribution in [-0.4, -0.2) is 52.1 Å². The van der Waals surface area contributed by atoms with Crippen molar-refractivity contribution in [3.05, 3.63) is 24.3 Å². The van der Waals surface area contributed by atoms with Crippen molar-refractivity contribution in [2.24, 2.45) is 0 Å². The Labute approximate surface area is 126 Å². The molecule has 0 radical (unpaired) electrons. The largest absolute Gasteiger partial charge is 0.379 e. The van der Waals surface area contributed by atoms with Gasteiger partial charge in [-0.3, -0.25) is 0 Å². The Morgan fingerprint density at radius 3 is 2.38 bits per heavy atom. The lowest BCUT2D eigenvalue weighted by Gasteiger charge is -2.30. The highest BCUT2D eigenvalue weighted by Gasteiger charge is 2.26. The van der Waals surface area contributed by atoms with Crippen molar-refractivity contribution in [2.75, 3.05) is 44.3 Å². The van der Waals surface area contributed by atoms with Crippen LogP contribution in [-0.2, 0) is 14.8 Å². The van der Waals surface area contributed by atoms with Crippen LogP contribution in [0.15, 0.2) is 29.2 Å². The summed E-state index contributed by atoms with van der Waals surface area (Å²) < 4.78 is 32.1. The van der Waals surface area contributed by atoms with Gasteiger partial charge in [0.1, 0.15) is 0 Å². The molecule has 5 nitrogen and oxygen atoms in total. The Hall–Kier alpha value is -1.11. The number of hydrogen-bond acceptors (Lipinski definition) is 4. The van der Waals surface area contributed by atoms with Gasteiger partial charge in [-0.2, -0.15) is 4.31 Å². The van der Waals surface area contributed by atoms with Gasteiger partial charge in [0.15, 0.2) is 0 Å². The quantitative estimate of drug-likeness (QED) is 0.852. The molecule has 21 heavy (non-hydrogen) atoms. The van der Waals surface area contributed by atoms with Gasteiger partial charge in [-0.25, -0.2) is 8.42 Å². The lowest BCUT2D eigenvalue weighted by atomic mass is 10.1. The molecule has 0 bridgehead atoms. The molecule has 0 amide bonds. The number of morpholine rings is 1. The second-order valence-electron chi connectivity index (χ2n) is 5.56. The summed E-state index contributed by atoms with van der Waals surface area (Å²) in [6, 6.07) is 7.36. The molecule has 3 rings (SSSR count). The molecule has 6 heteroatoms.